The molecule has 1 aromatic carbocycles. The third-order valence-corrected chi connectivity index (χ3v) is 2.66. The third-order valence-electron chi connectivity index (χ3n) is 2.66. The molecular weight excluding hydrogens is 230 g/mol. The predicted molar refractivity (Wildman–Crippen MR) is 71.8 cm³/mol. The van der Waals surface area contributed by atoms with Crippen molar-refractivity contribution in [2.75, 3.05) is 12.3 Å². The highest BCUT2D eigenvalue weighted by molar-refractivity contribution is 5.91. The van der Waals surface area contributed by atoms with E-state index in [9.17, 15) is 4.79 Å². The zero-order valence-electron chi connectivity index (χ0n) is 11.2. The molecule has 2 N–H and O–H groups in total. The highest BCUT2D eigenvalue weighted by Gasteiger charge is 2.14. The van der Waals surface area contributed by atoms with Gasteiger partial charge in [0.15, 0.2) is 0 Å². The minimum absolute atomic E-state index is 0.0468. The fraction of sp³-hybridized carbons (Fsp3) is 0.500. The van der Waals surface area contributed by atoms with E-state index in [2.05, 4.69) is 0 Å². The molecule has 100 valence electrons. The van der Waals surface area contributed by atoms with Crippen molar-refractivity contribution in [3.05, 3.63) is 23.8 Å². The molecule has 0 aliphatic heterocycles. The maximum Gasteiger partial charge on any atom is 0.338 e. The van der Waals surface area contributed by atoms with Gasteiger partial charge < -0.3 is 15.2 Å². The first-order valence-corrected chi connectivity index (χ1v) is 6.35. The Morgan fingerprint density at radius 1 is 1.22 bits per heavy atom. The van der Waals surface area contributed by atoms with Crippen LogP contribution in [0.1, 0.15) is 44.0 Å². The van der Waals surface area contributed by atoms with Crippen LogP contribution < -0.4 is 10.5 Å². The van der Waals surface area contributed by atoms with E-state index in [1.165, 1.54) is 0 Å². The lowest BCUT2D eigenvalue weighted by molar-refractivity contribution is 0.0284. The molecule has 1 aromatic rings. The van der Waals surface area contributed by atoms with Gasteiger partial charge in [-0.25, -0.2) is 4.79 Å². The van der Waals surface area contributed by atoms with E-state index in [0.29, 0.717) is 23.6 Å². The number of anilines is 1. The summed E-state index contributed by atoms with van der Waals surface area (Å²) in [5.74, 6) is 0.242. The summed E-state index contributed by atoms with van der Waals surface area (Å²) in [7, 11) is 0. The second kappa shape index (κ2) is 6.89. The van der Waals surface area contributed by atoms with E-state index >= 15 is 0 Å². The number of carbonyl (C=O) groups excluding carboxylic acids is 1. The zero-order valence-corrected chi connectivity index (χ0v) is 11.2. The summed E-state index contributed by atoms with van der Waals surface area (Å²) in [5, 5.41) is 0. The summed E-state index contributed by atoms with van der Waals surface area (Å²) < 4.78 is 10.7. The Morgan fingerprint density at radius 2 is 1.89 bits per heavy atom. The molecule has 0 spiro atoms. The number of benzene rings is 1. The van der Waals surface area contributed by atoms with Crippen LogP contribution in [0.5, 0.6) is 5.75 Å². The van der Waals surface area contributed by atoms with Gasteiger partial charge in [-0.2, -0.15) is 0 Å². The molecule has 0 aromatic heterocycles. The van der Waals surface area contributed by atoms with Crippen molar-refractivity contribution in [2.45, 2.75) is 39.7 Å². The standard InChI is InChI=1S/C14H21NO3/c1-4-12(5-2)18-14(16)10-7-11(15)9-13(8-10)17-6-3/h7-9,12H,4-6,15H2,1-3H3. The molecule has 4 heteroatoms. The van der Waals surface area contributed by atoms with E-state index in [0.717, 1.165) is 12.8 Å². The van der Waals surface area contributed by atoms with Gasteiger partial charge in [-0.05, 0) is 31.9 Å². The molecular formula is C14H21NO3. The van der Waals surface area contributed by atoms with Gasteiger partial charge in [-0.1, -0.05) is 13.8 Å². The van der Waals surface area contributed by atoms with Crippen LogP contribution in [0.4, 0.5) is 5.69 Å². The van der Waals surface area contributed by atoms with Crippen LogP contribution in [0.2, 0.25) is 0 Å². The first-order valence-electron chi connectivity index (χ1n) is 6.35. The van der Waals surface area contributed by atoms with Crippen LogP contribution in [0.25, 0.3) is 0 Å². The number of ether oxygens (including phenoxy) is 2. The Bertz CT molecular complexity index is 400. The van der Waals surface area contributed by atoms with E-state index in [-0.39, 0.29) is 12.1 Å². The van der Waals surface area contributed by atoms with Crippen molar-refractivity contribution < 1.29 is 14.3 Å². The lowest BCUT2D eigenvalue weighted by atomic mass is 10.1. The molecule has 0 bridgehead atoms. The summed E-state index contributed by atoms with van der Waals surface area (Å²) in [6, 6.07) is 4.95. The monoisotopic (exact) mass is 251 g/mol. The Balaban J connectivity index is 2.84. The summed E-state index contributed by atoms with van der Waals surface area (Å²) in [6.07, 6.45) is 1.57. The van der Waals surface area contributed by atoms with Crippen LogP contribution >= 0.6 is 0 Å². The highest BCUT2D eigenvalue weighted by Crippen LogP contribution is 2.20. The van der Waals surface area contributed by atoms with Crippen molar-refractivity contribution in [1.82, 2.24) is 0 Å². The number of esters is 1. The summed E-state index contributed by atoms with van der Waals surface area (Å²) >= 11 is 0. The minimum atomic E-state index is -0.350. The molecule has 4 nitrogen and oxygen atoms in total. The van der Waals surface area contributed by atoms with E-state index in [4.69, 9.17) is 15.2 Å². The number of hydrogen-bond donors (Lipinski definition) is 1. The molecule has 0 aliphatic carbocycles. The van der Waals surface area contributed by atoms with Crippen LogP contribution in [-0.4, -0.2) is 18.7 Å². The molecule has 0 heterocycles. The van der Waals surface area contributed by atoms with Gasteiger partial charge >= 0.3 is 5.97 Å². The number of hydrogen-bond acceptors (Lipinski definition) is 4. The summed E-state index contributed by atoms with van der Waals surface area (Å²) in [6.45, 7) is 6.40. The second-order valence-electron chi connectivity index (χ2n) is 4.07. The largest absolute Gasteiger partial charge is 0.494 e. The Labute approximate surface area is 108 Å². The highest BCUT2D eigenvalue weighted by atomic mass is 16.5. The third kappa shape index (κ3) is 3.95. The van der Waals surface area contributed by atoms with Gasteiger partial charge in [0.05, 0.1) is 12.2 Å². The lowest BCUT2D eigenvalue weighted by Gasteiger charge is -2.14. The fourth-order valence-electron chi connectivity index (χ4n) is 1.66. The Kier molecular flexibility index (Phi) is 5.49. The quantitative estimate of drug-likeness (QED) is 0.623. The molecule has 0 unspecified atom stereocenters. The van der Waals surface area contributed by atoms with Gasteiger partial charge in [0.2, 0.25) is 0 Å². The molecule has 0 saturated carbocycles. The summed E-state index contributed by atoms with van der Waals surface area (Å²) in [4.78, 5) is 11.9. The molecule has 0 atom stereocenters. The van der Waals surface area contributed by atoms with Gasteiger partial charge in [-0.3, -0.25) is 0 Å². The fourth-order valence-corrected chi connectivity index (χ4v) is 1.66. The predicted octanol–water partition coefficient (Wildman–Crippen LogP) is 3.01. The maximum atomic E-state index is 11.9. The van der Waals surface area contributed by atoms with Crippen molar-refractivity contribution in [3.8, 4) is 5.75 Å². The van der Waals surface area contributed by atoms with Gasteiger partial charge in [-0.15, -0.1) is 0 Å². The van der Waals surface area contributed by atoms with Gasteiger partial charge in [0.1, 0.15) is 11.9 Å². The van der Waals surface area contributed by atoms with Gasteiger partial charge in [0, 0.05) is 11.8 Å². The molecule has 1 rings (SSSR count). The first kappa shape index (κ1) is 14.4. The number of nitrogen functional groups attached to an aromatic ring is 1. The van der Waals surface area contributed by atoms with E-state index in [1.54, 1.807) is 18.2 Å². The van der Waals surface area contributed by atoms with Crippen molar-refractivity contribution in [3.63, 3.8) is 0 Å². The SMILES string of the molecule is CCOc1cc(N)cc(C(=O)OC(CC)CC)c1. The average molecular weight is 251 g/mol. The van der Waals surface area contributed by atoms with Crippen LogP contribution in [-0.2, 0) is 4.74 Å². The Hall–Kier alpha value is -1.71. The van der Waals surface area contributed by atoms with Crippen LogP contribution in [0.3, 0.4) is 0 Å². The molecule has 18 heavy (non-hydrogen) atoms. The summed E-state index contributed by atoms with van der Waals surface area (Å²) in [5.41, 5.74) is 6.67. The number of nitrogens with two attached hydrogens (primary N) is 1. The van der Waals surface area contributed by atoms with Crippen LogP contribution in [0.15, 0.2) is 18.2 Å². The second-order valence-corrected chi connectivity index (χ2v) is 4.07. The van der Waals surface area contributed by atoms with E-state index in [1.807, 2.05) is 20.8 Å². The van der Waals surface area contributed by atoms with E-state index < -0.39 is 0 Å². The number of rotatable bonds is 6. The smallest absolute Gasteiger partial charge is 0.338 e. The number of carbonyl (C=O) groups is 1. The minimum Gasteiger partial charge on any atom is -0.494 e. The lowest BCUT2D eigenvalue weighted by Crippen LogP contribution is -2.16. The zero-order chi connectivity index (χ0) is 13.5. The molecule has 0 aliphatic rings. The van der Waals surface area contributed by atoms with Crippen molar-refractivity contribution in [1.29, 1.82) is 0 Å². The van der Waals surface area contributed by atoms with Crippen molar-refractivity contribution in [2.24, 2.45) is 0 Å². The average Bonchev–Trinajstić information content (AvgIpc) is 2.35. The molecule has 0 fully saturated rings. The van der Waals surface area contributed by atoms with Crippen molar-refractivity contribution >= 4 is 11.7 Å². The molecule has 0 radical (unpaired) electrons. The first-order chi connectivity index (χ1) is 8.60. The maximum absolute atomic E-state index is 11.9. The van der Waals surface area contributed by atoms with Gasteiger partial charge in [0.25, 0.3) is 0 Å². The topological polar surface area (TPSA) is 61.5 Å². The normalized spacial score (nSPS) is 10.4. The molecule has 0 saturated heterocycles. The molecule has 0 amide bonds. The Morgan fingerprint density at radius 3 is 2.44 bits per heavy atom. The van der Waals surface area contributed by atoms with Crippen LogP contribution in [0, 0.1) is 0 Å².